The topological polar surface area (TPSA) is 63.6 Å². The fourth-order valence-corrected chi connectivity index (χ4v) is 2.64. The second kappa shape index (κ2) is 4.06. The molecule has 0 saturated heterocycles. The molecule has 0 atom stereocenters. The Kier molecular flexibility index (Phi) is 2.66. The Morgan fingerprint density at radius 2 is 1.65 bits per heavy atom. The molecular weight excluding hydrogens is 324 g/mol. The molecule has 0 bridgehead atoms. The standard InChI is InChI=1S/C15H11BrO4/c1-15(2)14(16)12(19)9-10(17)7-5-3-4-6-8(7)11(18)13(9)20-15/h3-6,19H,1-2H3. The molecule has 0 radical (unpaired) electrons. The number of aliphatic hydroxyl groups is 1. The molecule has 0 saturated carbocycles. The van der Waals surface area contributed by atoms with Gasteiger partial charge in [0.1, 0.15) is 16.9 Å². The van der Waals surface area contributed by atoms with E-state index in [0.29, 0.717) is 10.0 Å². The molecule has 4 nitrogen and oxygen atoms in total. The van der Waals surface area contributed by atoms with Crippen LogP contribution in [0.15, 0.2) is 45.8 Å². The monoisotopic (exact) mass is 334 g/mol. The van der Waals surface area contributed by atoms with Crippen molar-refractivity contribution in [3.8, 4) is 0 Å². The van der Waals surface area contributed by atoms with Crippen LogP contribution in [0.1, 0.15) is 34.6 Å². The van der Waals surface area contributed by atoms with Crippen LogP contribution < -0.4 is 0 Å². The minimum Gasteiger partial charge on any atom is -0.506 e. The summed E-state index contributed by atoms with van der Waals surface area (Å²) < 4.78 is 6.00. The molecule has 0 amide bonds. The maximum Gasteiger partial charge on any atom is 0.229 e. The second-order valence-electron chi connectivity index (χ2n) is 5.18. The Morgan fingerprint density at radius 3 is 2.25 bits per heavy atom. The molecule has 5 heteroatoms. The van der Waals surface area contributed by atoms with Crippen LogP contribution >= 0.6 is 15.9 Å². The Bertz CT molecular complexity index is 725. The quantitative estimate of drug-likeness (QED) is 0.790. The molecule has 0 unspecified atom stereocenters. The summed E-state index contributed by atoms with van der Waals surface area (Å²) in [6, 6.07) is 6.52. The highest BCUT2D eigenvalue weighted by Crippen LogP contribution is 2.42. The van der Waals surface area contributed by atoms with Gasteiger partial charge in [-0.25, -0.2) is 0 Å². The molecule has 2 aliphatic rings. The van der Waals surface area contributed by atoms with Crippen molar-refractivity contribution in [1.82, 2.24) is 0 Å². The first kappa shape index (κ1) is 13.1. The number of halogens is 1. The number of rotatable bonds is 0. The number of aliphatic hydroxyl groups excluding tert-OH is 1. The van der Waals surface area contributed by atoms with E-state index in [2.05, 4.69) is 15.9 Å². The summed E-state index contributed by atoms with van der Waals surface area (Å²) in [5.41, 5.74) is -0.380. The smallest absolute Gasteiger partial charge is 0.229 e. The third-order valence-electron chi connectivity index (χ3n) is 3.41. The Hall–Kier alpha value is -1.88. The number of Topliss-reactive ketones (excluding diaryl/α,β-unsaturated/α-hetero) is 2. The molecular formula is C15H11BrO4. The van der Waals surface area contributed by atoms with Crippen molar-refractivity contribution in [2.24, 2.45) is 0 Å². The molecule has 1 aliphatic carbocycles. The molecule has 3 rings (SSSR count). The van der Waals surface area contributed by atoms with Gasteiger partial charge in [0, 0.05) is 11.1 Å². The Balaban J connectivity index is 2.28. The molecule has 1 aliphatic heterocycles. The molecule has 102 valence electrons. The van der Waals surface area contributed by atoms with Crippen molar-refractivity contribution < 1.29 is 19.4 Å². The predicted molar refractivity (Wildman–Crippen MR) is 75.9 cm³/mol. The summed E-state index contributed by atoms with van der Waals surface area (Å²) in [5, 5.41) is 10.2. The van der Waals surface area contributed by atoms with E-state index in [9.17, 15) is 14.7 Å². The summed E-state index contributed by atoms with van der Waals surface area (Å²) in [6.07, 6.45) is 0. The summed E-state index contributed by atoms with van der Waals surface area (Å²) in [5.74, 6) is -1.10. The summed E-state index contributed by atoms with van der Waals surface area (Å²) in [6.45, 7) is 3.41. The lowest BCUT2D eigenvalue weighted by Gasteiger charge is -2.34. The van der Waals surface area contributed by atoms with E-state index in [-0.39, 0.29) is 28.4 Å². The highest BCUT2D eigenvalue weighted by Gasteiger charge is 2.44. The number of benzene rings is 1. The largest absolute Gasteiger partial charge is 0.506 e. The first-order valence-corrected chi connectivity index (χ1v) is 6.85. The minimum absolute atomic E-state index is 0.0695. The van der Waals surface area contributed by atoms with E-state index in [0.717, 1.165) is 0 Å². The zero-order chi connectivity index (χ0) is 14.7. The molecule has 0 spiro atoms. The number of hydrogen-bond acceptors (Lipinski definition) is 4. The van der Waals surface area contributed by atoms with Crippen LogP contribution in [0, 0.1) is 0 Å². The Morgan fingerprint density at radius 1 is 1.10 bits per heavy atom. The minimum atomic E-state index is -0.898. The van der Waals surface area contributed by atoms with E-state index in [4.69, 9.17) is 4.74 Å². The molecule has 1 heterocycles. The number of allylic oxidation sites excluding steroid dienone is 2. The number of ether oxygens (including phenoxy) is 1. The average molecular weight is 335 g/mol. The first-order chi connectivity index (χ1) is 9.34. The highest BCUT2D eigenvalue weighted by molar-refractivity contribution is 9.11. The van der Waals surface area contributed by atoms with Crippen LogP contribution in [0.4, 0.5) is 0 Å². The van der Waals surface area contributed by atoms with Crippen molar-refractivity contribution >= 4 is 27.5 Å². The van der Waals surface area contributed by atoms with Crippen molar-refractivity contribution in [3.05, 3.63) is 57.0 Å². The van der Waals surface area contributed by atoms with Crippen molar-refractivity contribution in [3.63, 3.8) is 0 Å². The molecule has 1 aromatic rings. The van der Waals surface area contributed by atoms with Gasteiger partial charge in [0.15, 0.2) is 5.76 Å². The maximum atomic E-state index is 12.5. The third-order valence-corrected chi connectivity index (χ3v) is 4.74. The van der Waals surface area contributed by atoms with E-state index < -0.39 is 11.4 Å². The number of ketones is 2. The van der Waals surface area contributed by atoms with Gasteiger partial charge in [0.05, 0.1) is 4.48 Å². The van der Waals surface area contributed by atoms with Gasteiger partial charge < -0.3 is 9.84 Å². The summed E-state index contributed by atoms with van der Waals surface area (Å²) >= 11 is 3.23. The first-order valence-electron chi connectivity index (χ1n) is 6.06. The van der Waals surface area contributed by atoms with Gasteiger partial charge in [-0.2, -0.15) is 0 Å². The second-order valence-corrected chi connectivity index (χ2v) is 5.98. The fraction of sp³-hybridized carbons (Fsp3) is 0.200. The molecule has 1 N–H and O–H groups in total. The van der Waals surface area contributed by atoms with Crippen molar-refractivity contribution in [1.29, 1.82) is 0 Å². The van der Waals surface area contributed by atoms with E-state index in [1.807, 2.05) is 0 Å². The van der Waals surface area contributed by atoms with E-state index in [1.54, 1.807) is 38.1 Å². The normalized spacial score (nSPS) is 20.6. The number of fused-ring (bicyclic) bond motifs is 1. The van der Waals surface area contributed by atoms with Gasteiger partial charge in [0.2, 0.25) is 11.6 Å². The summed E-state index contributed by atoms with van der Waals surface area (Å²) in [7, 11) is 0. The van der Waals surface area contributed by atoms with E-state index in [1.165, 1.54) is 0 Å². The lowest BCUT2D eigenvalue weighted by Crippen LogP contribution is -2.36. The van der Waals surface area contributed by atoms with E-state index >= 15 is 0 Å². The number of carbonyl (C=O) groups is 2. The molecule has 1 aromatic carbocycles. The fourth-order valence-electron chi connectivity index (χ4n) is 2.36. The molecule has 0 fully saturated rings. The summed E-state index contributed by atoms with van der Waals surface area (Å²) in [4.78, 5) is 24.9. The van der Waals surface area contributed by atoms with Gasteiger partial charge in [0.25, 0.3) is 0 Å². The maximum absolute atomic E-state index is 12.5. The van der Waals surface area contributed by atoms with Gasteiger partial charge in [-0.3, -0.25) is 9.59 Å². The zero-order valence-electron chi connectivity index (χ0n) is 10.9. The van der Waals surface area contributed by atoms with Gasteiger partial charge in [-0.15, -0.1) is 0 Å². The van der Waals surface area contributed by atoms with Crippen molar-refractivity contribution in [2.45, 2.75) is 19.4 Å². The van der Waals surface area contributed by atoms with Crippen LogP contribution in [0.3, 0.4) is 0 Å². The van der Waals surface area contributed by atoms with Crippen LogP contribution in [0.5, 0.6) is 0 Å². The highest BCUT2D eigenvalue weighted by atomic mass is 79.9. The van der Waals surface area contributed by atoms with Gasteiger partial charge in [-0.05, 0) is 29.8 Å². The lowest BCUT2D eigenvalue weighted by atomic mass is 9.85. The number of carbonyl (C=O) groups excluding carboxylic acids is 2. The SMILES string of the molecule is CC1(C)OC2=C(C(=O)c3ccccc3C2=O)C(O)=C1Br. The molecule has 20 heavy (non-hydrogen) atoms. The Labute approximate surface area is 123 Å². The van der Waals surface area contributed by atoms with Crippen LogP contribution in [0.25, 0.3) is 0 Å². The van der Waals surface area contributed by atoms with Gasteiger partial charge in [-0.1, -0.05) is 24.3 Å². The number of hydrogen-bond donors (Lipinski definition) is 1. The van der Waals surface area contributed by atoms with Crippen molar-refractivity contribution in [2.75, 3.05) is 0 Å². The van der Waals surface area contributed by atoms with Crippen LogP contribution in [0.2, 0.25) is 0 Å². The lowest BCUT2D eigenvalue weighted by molar-refractivity contribution is 0.0479. The van der Waals surface area contributed by atoms with Crippen LogP contribution in [-0.4, -0.2) is 22.3 Å². The van der Waals surface area contributed by atoms with Gasteiger partial charge >= 0.3 is 0 Å². The van der Waals surface area contributed by atoms with Crippen LogP contribution in [-0.2, 0) is 4.74 Å². The predicted octanol–water partition coefficient (Wildman–Crippen LogP) is 3.29. The average Bonchev–Trinajstić information content (AvgIpc) is 2.42. The zero-order valence-corrected chi connectivity index (χ0v) is 12.4. The molecule has 0 aromatic heterocycles. The third kappa shape index (κ3) is 1.59.